The van der Waals surface area contributed by atoms with Gasteiger partial charge in [-0.15, -0.1) is 0 Å². The van der Waals surface area contributed by atoms with Crippen LogP contribution in [0.15, 0.2) is 36.9 Å². The lowest BCUT2D eigenvalue weighted by Gasteiger charge is -2.34. The first-order chi connectivity index (χ1) is 8.28. The smallest absolute Gasteiger partial charge is 0.137 e. The van der Waals surface area contributed by atoms with Gasteiger partial charge in [0, 0.05) is 0 Å². The predicted molar refractivity (Wildman–Crippen MR) is 63.3 cm³/mol. The van der Waals surface area contributed by atoms with Crippen LogP contribution in [-0.4, -0.2) is 19.9 Å². The van der Waals surface area contributed by atoms with E-state index in [0.29, 0.717) is 6.54 Å². The highest BCUT2D eigenvalue weighted by molar-refractivity contribution is 5.34. The molecule has 1 aliphatic rings. The van der Waals surface area contributed by atoms with Crippen LogP contribution >= 0.6 is 0 Å². The minimum absolute atomic E-state index is 0.476. The molecule has 17 heavy (non-hydrogen) atoms. The van der Waals surface area contributed by atoms with E-state index >= 15 is 0 Å². The average Bonchev–Trinajstić information content (AvgIpc) is 2.82. The van der Waals surface area contributed by atoms with Gasteiger partial charge in [-0.25, -0.2) is 9.67 Å². The quantitative estimate of drug-likeness (QED) is 0.849. The number of hydrogen-bond acceptors (Lipinski definition) is 3. The maximum Gasteiger partial charge on any atom is 0.137 e. The summed E-state index contributed by atoms with van der Waals surface area (Å²) in [5.41, 5.74) is 1.49. The molecule has 0 aliphatic heterocycles. The molecule has 0 saturated carbocycles. The van der Waals surface area contributed by atoms with Crippen LogP contribution in [0.5, 0.6) is 0 Å². The van der Waals surface area contributed by atoms with Gasteiger partial charge < -0.3 is 5.11 Å². The van der Waals surface area contributed by atoms with Crippen LogP contribution in [0.3, 0.4) is 0 Å². The molecule has 0 spiro atoms. The third-order valence-corrected chi connectivity index (χ3v) is 3.45. The summed E-state index contributed by atoms with van der Waals surface area (Å²) in [6, 6.07) is 8.13. The number of aryl methyl sites for hydroxylation is 1. The zero-order chi connectivity index (χ0) is 11.7. The van der Waals surface area contributed by atoms with Crippen LogP contribution in [0, 0.1) is 0 Å². The largest absolute Gasteiger partial charge is 0.383 e. The molecular formula is C13H15N3O. The molecule has 1 N–H and O–H groups in total. The van der Waals surface area contributed by atoms with Crippen molar-refractivity contribution in [2.24, 2.45) is 0 Å². The highest BCUT2D eigenvalue weighted by Gasteiger charge is 2.34. The summed E-state index contributed by atoms with van der Waals surface area (Å²) in [5, 5.41) is 14.9. The Morgan fingerprint density at radius 2 is 2.24 bits per heavy atom. The normalized spacial score (nSPS) is 23.4. The number of hydrogen-bond donors (Lipinski definition) is 1. The molecule has 1 aliphatic carbocycles. The van der Waals surface area contributed by atoms with Crippen LogP contribution in [-0.2, 0) is 18.6 Å². The fourth-order valence-electron chi connectivity index (χ4n) is 2.64. The second-order valence-corrected chi connectivity index (χ2v) is 4.64. The second kappa shape index (κ2) is 3.96. The monoisotopic (exact) mass is 229 g/mol. The van der Waals surface area contributed by atoms with Crippen LogP contribution in [0.2, 0.25) is 0 Å². The average molecular weight is 229 g/mol. The Balaban J connectivity index is 1.98. The fourth-order valence-corrected chi connectivity index (χ4v) is 2.64. The van der Waals surface area contributed by atoms with E-state index in [-0.39, 0.29) is 0 Å². The van der Waals surface area contributed by atoms with Gasteiger partial charge in [0.15, 0.2) is 0 Å². The van der Waals surface area contributed by atoms with Crippen molar-refractivity contribution in [3.63, 3.8) is 0 Å². The van der Waals surface area contributed by atoms with Crippen molar-refractivity contribution in [2.75, 3.05) is 0 Å². The third kappa shape index (κ3) is 1.85. The van der Waals surface area contributed by atoms with Gasteiger partial charge in [-0.3, -0.25) is 0 Å². The zero-order valence-electron chi connectivity index (χ0n) is 9.58. The lowest BCUT2D eigenvalue weighted by atomic mass is 9.79. The second-order valence-electron chi connectivity index (χ2n) is 4.64. The highest BCUT2D eigenvalue weighted by atomic mass is 16.3. The minimum Gasteiger partial charge on any atom is -0.383 e. The number of rotatable bonds is 2. The molecular weight excluding hydrogens is 214 g/mol. The van der Waals surface area contributed by atoms with Crippen LogP contribution in [0.25, 0.3) is 0 Å². The van der Waals surface area contributed by atoms with Gasteiger partial charge >= 0.3 is 0 Å². The van der Waals surface area contributed by atoms with Gasteiger partial charge in [-0.2, -0.15) is 5.10 Å². The summed E-state index contributed by atoms with van der Waals surface area (Å²) >= 11 is 0. The number of aliphatic hydroxyl groups is 1. The van der Waals surface area contributed by atoms with Crippen molar-refractivity contribution in [1.82, 2.24) is 14.8 Å². The summed E-state index contributed by atoms with van der Waals surface area (Å²) in [5.74, 6) is 0. The van der Waals surface area contributed by atoms with Crippen molar-refractivity contribution in [1.29, 1.82) is 0 Å². The first-order valence-corrected chi connectivity index (χ1v) is 5.91. The Morgan fingerprint density at radius 1 is 1.35 bits per heavy atom. The maximum absolute atomic E-state index is 10.8. The zero-order valence-corrected chi connectivity index (χ0v) is 9.58. The van der Waals surface area contributed by atoms with Gasteiger partial charge in [-0.05, 0) is 30.4 Å². The highest BCUT2D eigenvalue weighted by Crippen LogP contribution is 2.36. The molecule has 0 saturated heterocycles. The Bertz CT molecular complexity index is 509. The summed E-state index contributed by atoms with van der Waals surface area (Å²) in [7, 11) is 0. The SMILES string of the molecule is OC1(Cn2cncn2)CCCc2ccccc21. The lowest BCUT2D eigenvalue weighted by Crippen LogP contribution is -2.35. The van der Waals surface area contributed by atoms with Crippen molar-refractivity contribution >= 4 is 0 Å². The molecule has 0 bridgehead atoms. The van der Waals surface area contributed by atoms with Crippen molar-refractivity contribution in [3.05, 3.63) is 48.0 Å². The van der Waals surface area contributed by atoms with E-state index in [9.17, 15) is 5.11 Å². The standard InChI is InChI=1S/C13H15N3O/c17-13(8-16-10-14-9-15-16)7-3-5-11-4-1-2-6-12(11)13/h1-2,4,6,9-10,17H,3,5,7-8H2. The van der Waals surface area contributed by atoms with Crippen molar-refractivity contribution in [3.8, 4) is 0 Å². The first-order valence-electron chi connectivity index (χ1n) is 5.91. The van der Waals surface area contributed by atoms with Gasteiger partial charge in [0.25, 0.3) is 0 Å². The van der Waals surface area contributed by atoms with Gasteiger partial charge in [0.2, 0.25) is 0 Å². The number of aromatic nitrogens is 3. The molecule has 0 amide bonds. The third-order valence-electron chi connectivity index (χ3n) is 3.45. The van der Waals surface area contributed by atoms with Crippen LogP contribution in [0.1, 0.15) is 24.0 Å². The molecule has 1 unspecified atom stereocenters. The van der Waals surface area contributed by atoms with E-state index in [1.165, 1.54) is 11.9 Å². The summed E-state index contributed by atoms with van der Waals surface area (Å²) in [4.78, 5) is 3.92. The first kappa shape index (κ1) is 10.5. The molecule has 4 nitrogen and oxygen atoms in total. The molecule has 0 fully saturated rings. The number of benzene rings is 1. The van der Waals surface area contributed by atoms with E-state index in [2.05, 4.69) is 16.1 Å². The lowest BCUT2D eigenvalue weighted by molar-refractivity contribution is -0.00174. The molecule has 1 heterocycles. The summed E-state index contributed by atoms with van der Waals surface area (Å²) in [6.45, 7) is 0.476. The van der Waals surface area contributed by atoms with E-state index in [1.807, 2.05) is 18.2 Å². The molecule has 0 radical (unpaired) electrons. The predicted octanol–water partition coefficient (Wildman–Crippen LogP) is 1.50. The number of fused-ring (bicyclic) bond motifs is 1. The van der Waals surface area contributed by atoms with Crippen molar-refractivity contribution in [2.45, 2.75) is 31.4 Å². The Hall–Kier alpha value is -1.68. The van der Waals surface area contributed by atoms with E-state index in [4.69, 9.17) is 0 Å². The van der Waals surface area contributed by atoms with E-state index in [0.717, 1.165) is 24.8 Å². The molecule has 2 aromatic rings. The molecule has 4 heteroatoms. The van der Waals surface area contributed by atoms with Crippen LogP contribution in [0.4, 0.5) is 0 Å². The van der Waals surface area contributed by atoms with Gasteiger partial charge in [0.05, 0.1) is 6.54 Å². The van der Waals surface area contributed by atoms with Crippen molar-refractivity contribution < 1.29 is 5.11 Å². The van der Waals surface area contributed by atoms with E-state index in [1.54, 1.807) is 11.0 Å². The molecule has 3 rings (SSSR count). The van der Waals surface area contributed by atoms with Gasteiger partial charge in [0.1, 0.15) is 18.3 Å². The van der Waals surface area contributed by atoms with Gasteiger partial charge in [-0.1, -0.05) is 24.3 Å². The summed E-state index contributed by atoms with van der Waals surface area (Å²) in [6.07, 6.45) is 6.00. The van der Waals surface area contributed by atoms with Crippen LogP contribution < -0.4 is 0 Å². The fraction of sp³-hybridized carbons (Fsp3) is 0.385. The Morgan fingerprint density at radius 3 is 3.06 bits per heavy atom. The maximum atomic E-state index is 10.8. The molecule has 1 aromatic carbocycles. The topological polar surface area (TPSA) is 50.9 Å². The molecule has 88 valence electrons. The molecule has 1 atom stereocenters. The Labute approximate surface area is 99.9 Å². The molecule has 1 aromatic heterocycles. The number of nitrogens with zero attached hydrogens (tertiary/aromatic N) is 3. The summed E-state index contributed by atoms with van der Waals surface area (Å²) < 4.78 is 1.70. The Kier molecular flexibility index (Phi) is 2.44. The minimum atomic E-state index is -0.803. The van der Waals surface area contributed by atoms with E-state index < -0.39 is 5.60 Å².